The Bertz CT molecular complexity index is 1270. The first-order valence-corrected chi connectivity index (χ1v) is 18.2. The van der Waals surface area contributed by atoms with Crippen molar-refractivity contribution in [2.45, 2.75) is 173 Å². The third-order valence-corrected chi connectivity index (χ3v) is 15.8. The zero-order valence-corrected chi connectivity index (χ0v) is 29.7. The average Bonchev–Trinajstić information content (AvgIpc) is 3.31. The lowest BCUT2D eigenvalue weighted by Gasteiger charge is -2.65. The van der Waals surface area contributed by atoms with Crippen LogP contribution in [0.25, 0.3) is 0 Å². The molecule has 0 radical (unpaired) electrons. The Morgan fingerprint density at radius 3 is 2.19 bits per heavy atom. The molecule has 47 heavy (non-hydrogen) atoms. The SMILES string of the molecule is CC(=O)O[C@H]1C[C@@H]2[C@]3(CC[C@]4(C)[C@@H](C5(C)CCC(C(C)(C)O)O5)[C@@H](O)C[C@@]24C)C[C@@]32CC[C@H](O[C@@H]3OC[C@@H](O)[C@H](O)[C@H]3O)C(C)(C)[C@H]12. The summed E-state index contributed by atoms with van der Waals surface area (Å²) in [6.45, 7) is 16.3. The summed E-state index contributed by atoms with van der Waals surface area (Å²) in [6, 6.07) is 0. The molecule has 2 heterocycles. The van der Waals surface area contributed by atoms with Crippen molar-refractivity contribution >= 4 is 5.97 Å². The molecule has 0 aromatic carbocycles. The summed E-state index contributed by atoms with van der Waals surface area (Å²) in [4.78, 5) is 12.7. The van der Waals surface area contributed by atoms with Gasteiger partial charge in [0.05, 0.1) is 36.1 Å². The van der Waals surface area contributed by atoms with Crippen LogP contribution in [0.1, 0.15) is 113 Å². The molecule has 268 valence electrons. The second kappa shape index (κ2) is 10.6. The number of fused-ring (bicyclic) bond motifs is 2. The van der Waals surface area contributed by atoms with E-state index < -0.39 is 47.3 Å². The summed E-state index contributed by atoms with van der Waals surface area (Å²) in [5.41, 5.74) is -2.28. The van der Waals surface area contributed by atoms with Crippen LogP contribution in [0.4, 0.5) is 0 Å². The van der Waals surface area contributed by atoms with Gasteiger partial charge in [-0.25, -0.2) is 0 Å². The van der Waals surface area contributed by atoms with Gasteiger partial charge in [-0.1, -0.05) is 27.7 Å². The standard InChI is InChI=1S/C37H60O10/c1-19(38)45-22-15-23-34(7)16-20(39)28(35(8)11-9-25(47-35)32(4,5)43)33(34,6)13-14-36(23)18-37(36)12-10-24(31(2,3)29(22)37)46-30-27(42)26(41)21(40)17-44-30/h20-30,39-43H,9-18H2,1-8H3/t20-,21+,22-,23-,24-,25?,26-,27+,28-,29-,30-,33+,34-,35?,36-,37+/m0/s1. The number of carbonyl (C=O) groups excluding carboxylic acids is 1. The Labute approximate surface area is 279 Å². The van der Waals surface area contributed by atoms with E-state index in [9.17, 15) is 30.3 Å². The van der Waals surface area contributed by atoms with E-state index in [1.165, 1.54) is 6.92 Å². The molecule has 5 N–H and O–H groups in total. The van der Waals surface area contributed by atoms with Crippen molar-refractivity contribution in [3.63, 3.8) is 0 Å². The minimum Gasteiger partial charge on any atom is -0.462 e. The van der Waals surface area contributed by atoms with Crippen LogP contribution in [0.5, 0.6) is 0 Å². The Hall–Kier alpha value is -0.850. The lowest BCUT2D eigenvalue weighted by atomic mass is 9.41. The van der Waals surface area contributed by atoms with Gasteiger partial charge in [0, 0.05) is 18.8 Å². The van der Waals surface area contributed by atoms with E-state index in [0.717, 1.165) is 51.4 Å². The highest BCUT2D eigenvalue weighted by Gasteiger charge is 2.85. The molecule has 10 heteroatoms. The zero-order chi connectivity index (χ0) is 34.3. The van der Waals surface area contributed by atoms with Crippen LogP contribution in [0, 0.1) is 44.8 Å². The molecule has 5 aliphatic carbocycles. The number of hydrogen-bond donors (Lipinski definition) is 5. The van der Waals surface area contributed by atoms with Crippen molar-refractivity contribution in [2.75, 3.05) is 6.61 Å². The molecule has 2 aliphatic heterocycles. The third-order valence-electron chi connectivity index (χ3n) is 15.8. The van der Waals surface area contributed by atoms with Gasteiger partial charge in [0.1, 0.15) is 24.4 Å². The van der Waals surface area contributed by atoms with Crippen LogP contribution in [0.2, 0.25) is 0 Å². The number of esters is 1. The maximum absolute atomic E-state index is 12.7. The fourth-order valence-corrected chi connectivity index (χ4v) is 13.7. The molecule has 2 saturated heterocycles. The molecular formula is C37H60O10. The summed E-state index contributed by atoms with van der Waals surface area (Å²) in [5, 5.41) is 53.8. The summed E-state index contributed by atoms with van der Waals surface area (Å²) in [6.07, 6.45) is 1.39. The number of carbonyl (C=O) groups is 1. The zero-order valence-electron chi connectivity index (χ0n) is 29.7. The molecule has 16 atom stereocenters. The van der Waals surface area contributed by atoms with Gasteiger partial charge in [-0.15, -0.1) is 0 Å². The van der Waals surface area contributed by atoms with Crippen LogP contribution in [-0.2, 0) is 23.7 Å². The molecule has 2 spiro atoms. The van der Waals surface area contributed by atoms with E-state index >= 15 is 0 Å². The number of aliphatic hydroxyl groups is 5. The van der Waals surface area contributed by atoms with Crippen LogP contribution in [0.3, 0.4) is 0 Å². The molecule has 10 nitrogen and oxygen atoms in total. The average molecular weight is 665 g/mol. The van der Waals surface area contributed by atoms with Crippen molar-refractivity contribution in [1.82, 2.24) is 0 Å². The molecule has 0 bridgehead atoms. The predicted molar refractivity (Wildman–Crippen MR) is 171 cm³/mol. The molecule has 7 aliphatic rings. The first-order valence-electron chi connectivity index (χ1n) is 18.2. The molecule has 7 fully saturated rings. The normalized spacial score (nSPS) is 56.6. The van der Waals surface area contributed by atoms with Gasteiger partial charge in [-0.2, -0.15) is 0 Å². The molecule has 5 saturated carbocycles. The second-order valence-corrected chi connectivity index (χ2v) is 18.8. The smallest absolute Gasteiger partial charge is 0.302 e. The van der Waals surface area contributed by atoms with Crippen molar-refractivity contribution in [3.8, 4) is 0 Å². The number of rotatable bonds is 5. The highest BCUT2D eigenvalue weighted by molar-refractivity contribution is 5.66. The van der Waals surface area contributed by atoms with Crippen molar-refractivity contribution < 1.29 is 49.3 Å². The summed E-state index contributed by atoms with van der Waals surface area (Å²) >= 11 is 0. The van der Waals surface area contributed by atoms with Gasteiger partial charge in [-0.3, -0.25) is 4.79 Å². The highest BCUT2D eigenvalue weighted by Crippen LogP contribution is 2.89. The largest absolute Gasteiger partial charge is 0.462 e. The van der Waals surface area contributed by atoms with E-state index in [1.807, 2.05) is 13.8 Å². The van der Waals surface area contributed by atoms with Crippen molar-refractivity contribution in [2.24, 2.45) is 44.8 Å². The predicted octanol–water partition coefficient (Wildman–Crippen LogP) is 3.47. The third kappa shape index (κ3) is 4.60. The van der Waals surface area contributed by atoms with Crippen LogP contribution in [-0.4, -0.2) is 98.3 Å². The molecule has 7 rings (SSSR count). The number of aliphatic hydroxyl groups excluding tert-OH is 4. The van der Waals surface area contributed by atoms with E-state index in [1.54, 1.807) is 0 Å². The lowest BCUT2D eigenvalue weighted by molar-refractivity contribution is -0.307. The fourth-order valence-electron chi connectivity index (χ4n) is 13.7. The van der Waals surface area contributed by atoms with Gasteiger partial charge < -0.3 is 44.5 Å². The van der Waals surface area contributed by atoms with E-state index in [0.29, 0.717) is 6.42 Å². The second-order valence-electron chi connectivity index (χ2n) is 18.8. The molecule has 0 aromatic heterocycles. The van der Waals surface area contributed by atoms with Crippen LogP contribution >= 0.6 is 0 Å². The Morgan fingerprint density at radius 1 is 0.851 bits per heavy atom. The Kier molecular flexibility index (Phi) is 7.80. The van der Waals surface area contributed by atoms with Crippen molar-refractivity contribution in [1.29, 1.82) is 0 Å². The van der Waals surface area contributed by atoms with E-state index in [2.05, 4.69) is 34.6 Å². The van der Waals surface area contributed by atoms with Gasteiger partial charge in [0.25, 0.3) is 0 Å². The molecular weight excluding hydrogens is 604 g/mol. The molecule has 2 unspecified atom stereocenters. The van der Waals surface area contributed by atoms with Crippen molar-refractivity contribution in [3.05, 3.63) is 0 Å². The quantitative estimate of drug-likeness (QED) is 0.218. The molecule has 0 amide bonds. The van der Waals surface area contributed by atoms with Crippen LogP contribution < -0.4 is 0 Å². The topological polar surface area (TPSA) is 155 Å². The number of hydrogen-bond acceptors (Lipinski definition) is 10. The summed E-state index contributed by atoms with van der Waals surface area (Å²) in [7, 11) is 0. The summed E-state index contributed by atoms with van der Waals surface area (Å²) < 4.78 is 25.2. The molecule has 0 aromatic rings. The van der Waals surface area contributed by atoms with Crippen LogP contribution in [0.15, 0.2) is 0 Å². The minimum atomic E-state index is -1.36. The van der Waals surface area contributed by atoms with Gasteiger partial charge in [0.2, 0.25) is 0 Å². The monoisotopic (exact) mass is 664 g/mol. The maximum Gasteiger partial charge on any atom is 0.302 e. The first-order chi connectivity index (χ1) is 21.7. The Morgan fingerprint density at radius 2 is 1.55 bits per heavy atom. The maximum atomic E-state index is 12.7. The summed E-state index contributed by atoms with van der Waals surface area (Å²) in [5.74, 6) is -0.0699. The minimum absolute atomic E-state index is 0.0310. The lowest BCUT2D eigenvalue weighted by Crippen LogP contribution is -2.63. The van der Waals surface area contributed by atoms with Gasteiger partial charge in [-0.05, 0) is 112 Å². The van der Waals surface area contributed by atoms with Gasteiger partial charge >= 0.3 is 5.97 Å². The van der Waals surface area contributed by atoms with E-state index in [4.69, 9.17) is 18.9 Å². The highest BCUT2D eigenvalue weighted by atomic mass is 16.7. The van der Waals surface area contributed by atoms with E-state index in [-0.39, 0.29) is 70.3 Å². The Balaban J connectivity index is 1.20. The fraction of sp³-hybridized carbons (Fsp3) is 0.973. The van der Waals surface area contributed by atoms with Gasteiger partial charge in [0.15, 0.2) is 6.29 Å². The number of ether oxygens (including phenoxy) is 4. The first kappa shape index (κ1) is 34.6.